The monoisotopic (exact) mass is 302 g/mol. The number of aromatic nitrogens is 4. The highest BCUT2D eigenvalue weighted by Crippen LogP contribution is 2.26. The van der Waals surface area contributed by atoms with Crippen LogP contribution in [-0.2, 0) is 0 Å². The van der Waals surface area contributed by atoms with Crippen LogP contribution in [0.4, 0.5) is 0 Å². The molecule has 0 aliphatic heterocycles. The Morgan fingerprint density at radius 3 is 2.39 bits per heavy atom. The van der Waals surface area contributed by atoms with Crippen molar-refractivity contribution in [3.8, 4) is 28.0 Å². The molecule has 5 heteroatoms. The normalized spacial score (nSPS) is 10.8. The average molecular weight is 302 g/mol. The van der Waals surface area contributed by atoms with E-state index in [0.717, 1.165) is 33.7 Å². The van der Waals surface area contributed by atoms with E-state index in [1.54, 1.807) is 24.0 Å². The van der Waals surface area contributed by atoms with E-state index in [9.17, 15) is 0 Å². The van der Waals surface area contributed by atoms with Crippen molar-refractivity contribution in [2.75, 3.05) is 7.11 Å². The van der Waals surface area contributed by atoms with Crippen LogP contribution < -0.4 is 4.74 Å². The minimum absolute atomic E-state index is 0.827. The van der Waals surface area contributed by atoms with Gasteiger partial charge >= 0.3 is 0 Å². The van der Waals surface area contributed by atoms with Crippen molar-refractivity contribution >= 4 is 5.65 Å². The number of pyridine rings is 1. The lowest BCUT2D eigenvalue weighted by Gasteiger charge is -2.04. The Hall–Kier alpha value is -3.21. The lowest BCUT2D eigenvalue weighted by atomic mass is 10.1. The van der Waals surface area contributed by atoms with Gasteiger partial charge in [0.25, 0.3) is 0 Å². The number of fused-ring (bicyclic) bond motifs is 1. The molecule has 0 bridgehead atoms. The molecule has 0 fully saturated rings. The molecule has 0 saturated heterocycles. The lowest BCUT2D eigenvalue weighted by Crippen LogP contribution is -1.92. The predicted molar refractivity (Wildman–Crippen MR) is 88.2 cm³/mol. The number of hydrogen-bond acceptors (Lipinski definition) is 4. The van der Waals surface area contributed by atoms with Gasteiger partial charge in [0.2, 0.25) is 0 Å². The van der Waals surface area contributed by atoms with Crippen molar-refractivity contribution in [1.82, 2.24) is 19.6 Å². The molecular formula is C18H14N4O. The Morgan fingerprint density at radius 2 is 1.65 bits per heavy atom. The fourth-order valence-electron chi connectivity index (χ4n) is 2.54. The summed E-state index contributed by atoms with van der Waals surface area (Å²) in [6.07, 6.45) is 9.21. The number of ether oxygens (including phenoxy) is 1. The molecule has 5 nitrogen and oxygen atoms in total. The maximum atomic E-state index is 5.19. The summed E-state index contributed by atoms with van der Waals surface area (Å²) in [5.74, 6) is 0.835. The third-order valence-electron chi connectivity index (χ3n) is 3.77. The van der Waals surface area contributed by atoms with Crippen molar-refractivity contribution < 1.29 is 4.74 Å². The van der Waals surface area contributed by atoms with Crippen LogP contribution in [0.3, 0.4) is 0 Å². The molecular weight excluding hydrogens is 288 g/mol. The van der Waals surface area contributed by atoms with Gasteiger partial charge in [0.1, 0.15) is 5.75 Å². The van der Waals surface area contributed by atoms with E-state index >= 15 is 0 Å². The van der Waals surface area contributed by atoms with E-state index < -0.39 is 0 Å². The Balaban J connectivity index is 1.77. The van der Waals surface area contributed by atoms with Gasteiger partial charge in [-0.15, -0.1) is 0 Å². The SMILES string of the molecule is COc1ccc(-c2cnc3c(-c4ccncc4)cnn3c2)cc1. The third kappa shape index (κ3) is 2.42. The van der Waals surface area contributed by atoms with Crippen molar-refractivity contribution in [3.63, 3.8) is 0 Å². The van der Waals surface area contributed by atoms with Crippen LogP contribution >= 0.6 is 0 Å². The predicted octanol–water partition coefficient (Wildman–Crippen LogP) is 3.47. The van der Waals surface area contributed by atoms with Crippen LogP contribution in [0.5, 0.6) is 5.75 Å². The molecule has 0 aliphatic carbocycles. The second-order valence-corrected chi connectivity index (χ2v) is 5.13. The van der Waals surface area contributed by atoms with E-state index in [1.807, 2.05) is 55.0 Å². The standard InChI is InChI=1S/C18H14N4O/c1-23-16-4-2-13(3-5-16)15-10-20-18-17(11-21-22(18)12-15)14-6-8-19-9-7-14/h2-12H,1H3. The fourth-order valence-corrected chi connectivity index (χ4v) is 2.54. The molecule has 0 N–H and O–H groups in total. The first-order valence-corrected chi connectivity index (χ1v) is 7.23. The molecule has 0 amide bonds. The fraction of sp³-hybridized carbons (Fsp3) is 0.0556. The van der Waals surface area contributed by atoms with Crippen molar-refractivity contribution in [3.05, 3.63) is 67.4 Å². The number of benzene rings is 1. The summed E-state index contributed by atoms with van der Waals surface area (Å²) in [6, 6.07) is 11.8. The zero-order valence-corrected chi connectivity index (χ0v) is 12.5. The number of rotatable bonds is 3. The molecule has 4 rings (SSSR count). The van der Waals surface area contributed by atoms with Crippen LogP contribution in [0, 0.1) is 0 Å². The second-order valence-electron chi connectivity index (χ2n) is 5.13. The van der Waals surface area contributed by atoms with Gasteiger partial charge in [0, 0.05) is 35.9 Å². The van der Waals surface area contributed by atoms with Gasteiger partial charge in [-0.05, 0) is 35.4 Å². The topological polar surface area (TPSA) is 52.3 Å². The zero-order chi connectivity index (χ0) is 15.6. The summed E-state index contributed by atoms with van der Waals surface area (Å²) in [7, 11) is 1.66. The van der Waals surface area contributed by atoms with Crippen molar-refractivity contribution in [2.45, 2.75) is 0 Å². The van der Waals surface area contributed by atoms with Crippen LogP contribution in [0.2, 0.25) is 0 Å². The summed E-state index contributed by atoms with van der Waals surface area (Å²) in [5, 5.41) is 4.42. The Kier molecular flexibility index (Phi) is 3.24. The summed E-state index contributed by atoms with van der Waals surface area (Å²) >= 11 is 0. The first-order valence-electron chi connectivity index (χ1n) is 7.23. The average Bonchev–Trinajstić information content (AvgIpc) is 3.06. The van der Waals surface area contributed by atoms with Gasteiger partial charge in [-0.1, -0.05) is 12.1 Å². The molecule has 4 aromatic rings. The molecule has 1 aromatic carbocycles. The van der Waals surface area contributed by atoms with E-state index in [1.165, 1.54) is 0 Å². The Labute approximate surface area is 133 Å². The van der Waals surface area contributed by atoms with Crippen LogP contribution in [0.15, 0.2) is 67.4 Å². The van der Waals surface area contributed by atoms with Gasteiger partial charge in [-0.3, -0.25) is 4.98 Å². The van der Waals surface area contributed by atoms with Gasteiger partial charge in [-0.25, -0.2) is 9.50 Å². The summed E-state index contributed by atoms with van der Waals surface area (Å²) < 4.78 is 6.99. The van der Waals surface area contributed by atoms with Crippen molar-refractivity contribution in [2.24, 2.45) is 0 Å². The highest BCUT2D eigenvalue weighted by atomic mass is 16.5. The summed E-state index contributed by atoms with van der Waals surface area (Å²) in [5.41, 5.74) is 4.95. The molecule has 3 heterocycles. The minimum Gasteiger partial charge on any atom is -0.497 e. The first-order chi connectivity index (χ1) is 11.3. The minimum atomic E-state index is 0.827. The van der Waals surface area contributed by atoms with E-state index in [4.69, 9.17) is 4.74 Å². The smallest absolute Gasteiger partial charge is 0.162 e. The van der Waals surface area contributed by atoms with Gasteiger partial charge < -0.3 is 4.74 Å². The largest absolute Gasteiger partial charge is 0.497 e. The van der Waals surface area contributed by atoms with Crippen molar-refractivity contribution in [1.29, 1.82) is 0 Å². The van der Waals surface area contributed by atoms with Crippen LogP contribution in [0.25, 0.3) is 27.9 Å². The molecule has 112 valence electrons. The highest BCUT2D eigenvalue weighted by Gasteiger charge is 2.09. The highest BCUT2D eigenvalue weighted by molar-refractivity contribution is 5.77. The molecule has 23 heavy (non-hydrogen) atoms. The Morgan fingerprint density at radius 1 is 0.870 bits per heavy atom. The van der Waals surface area contributed by atoms with E-state index in [0.29, 0.717) is 0 Å². The summed E-state index contributed by atoms with van der Waals surface area (Å²) in [4.78, 5) is 8.63. The number of methoxy groups -OCH3 is 1. The molecule has 0 saturated carbocycles. The molecule has 3 aromatic heterocycles. The van der Waals surface area contributed by atoms with Gasteiger partial charge in [-0.2, -0.15) is 5.10 Å². The molecule has 0 radical (unpaired) electrons. The summed E-state index contributed by atoms with van der Waals surface area (Å²) in [6.45, 7) is 0. The van der Waals surface area contributed by atoms with E-state index in [2.05, 4.69) is 15.1 Å². The van der Waals surface area contributed by atoms with Crippen LogP contribution in [0.1, 0.15) is 0 Å². The molecule has 0 atom stereocenters. The molecule has 0 aliphatic rings. The Bertz CT molecular complexity index is 946. The zero-order valence-electron chi connectivity index (χ0n) is 12.5. The number of hydrogen-bond donors (Lipinski definition) is 0. The first kappa shape index (κ1) is 13.5. The quantitative estimate of drug-likeness (QED) is 0.581. The maximum Gasteiger partial charge on any atom is 0.162 e. The number of nitrogens with zero attached hydrogens (tertiary/aromatic N) is 4. The lowest BCUT2D eigenvalue weighted by molar-refractivity contribution is 0.415. The van der Waals surface area contributed by atoms with E-state index in [-0.39, 0.29) is 0 Å². The third-order valence-corrected chi connectivity index (χ3v) is 3.77. The van der Waals surface area contributed by atoms with Crippen LogP contribution in [-0.4, -0.2) is 26.7 Å². The second kappa shape index (κ2) is 5.53. The van der Waals surface area contributed by atoms with Gasteiger partial charge in [0.05, 0.1) is 13.3 Å². The molecule has 0 spiro atoms. The van der Waals surface area contributed by atoms with Gasteiger partial charge in [0.15, 0.2) is 5.65 Å². The molecule has 0 unspecified atom stereocenters. The maximum absolute atomic E-state index is 5.19.